The second-order valence-electron chi connectivity index (χ2n) is 9.60. The highest BCUT2D eigenvalue weighted by atomic mass is 16.3. The first kappa shape index (κ1) is 24.1. The number of benzene rings is 2. The molecule has 2 aromatic carbocycles. The number of para-hydroxylation sites is 1. The molecule has 1 aliphatic carbocycles. The Hall–Kier alpha value is -3.65. The van der Waals surface area contributed by atoms with Gasteiger partial charge in [-0.1, -0.05) is 31.0 Å². The minimum Gasteiger partial charge on any atom is -0.393 e. The molecule has 8 nitrogen and oxygen atoms in total. The lowest BCUT2D eigenvalue weighted by Gasteiger charge is -2.28. The molecule has 0 spiro atoms. The molecule has 188 valence electrons. The number of carbonyl (C=O) groups excluding carboxylic acids is 1. The van der Waals surface area contributed by atoms with Gasteiger partial charge in [0, 0.05) is 36.1 Å². The maximum absolute atomic E-state index is 13.2. The summed E-state index contributed by atoms with van der Waals surface area (Å²) in [6.45, 7) is 5.61. The third kappa shape index (κ3) is 4.99. The molecule has 1 atom stereocenters. The van der Waals surface area contributed by atoms with Crippen LogP contribution in [0.3, 0.4) is 0 Å². The van der Waals surface area contributed by atoms with Crippen LogP contribution in [-0.2, 0) is 0 Å². The standard InChI is InChI=1S/C28H34N6O2/c1-3-33(17-16-19(2)35)21-14-12-20(13-15-21)30-27-29-18-24-26(32-27)23-10-6-7-11-25(23)34(28(36)31-24)22-8-4-5-9-22/h6-7,10-15,18-19,22,35H,3-5,8-9,16-17H2,1-2H3,(H,31,36)(H,29,30,32). The minimum absolute atomic E-state index is 0.121. The zero-order valence-corrected chi connectivity index (χ0v) is 20.9. The number of aliphatic hydroxyl groups excluding tert-OH is 1. The number of anilines is 5. The van der Waals surface area contributed by atoms with Crippen molar-refractivity contribution >= 4 is 34.7 Å². The average Bonchev–Trinajstić information content (AvgIpc) is 3.37. The van der Waals surface area contributed by atoms with E-state index in [0.29, 0.717) is 17.3 Å². The van der Waals surface area contributed by atoms with Crippen LogP contribution in [0.2, 0.25) is 0 Å². The van der Waals surface area contributed by atoms with Crippen LogP contribution < -0.4 is 20.4 Å². The topological polar surface area (TPSA) is 93.6 Å². The third-order valence-electron chi connectivity index (χ3n) is 7.04. The number of nitrogens with zero attached hydrogens (tertiary/aromatic N) is 4. The first-order valence-electron chi connectivity index (χ1n) is 12.9. The van der Waals surface area contributed by atoms with Gasteiger partial charge < -0.3 is 20.6 Å². The Labute approximate surface area is 212 Å². The number of carbonyl (C=O) groups is 1. The summed E-state index contributed by atoms with van der Waals surface area (Å²) < 4.78 is 0. The maximum Gasteiger partial charge on any atom is 0.326 e. The van der Waals surface area contributed by atoms with Gasteiger partial charge in [-0.2, -0.15) is 0 Å². The quantitative estimate of drug-likeness (QED) is 0.374. The highest BCUT2D eigenvalue weighted by Crippen LogP contribution is 2.40. The van der Waals surface area contributed by atoms with Crippen molar-refractivity contribution in [2.45, 2.75) is 58.1 Å². The van der Waals surface area contributed by atoms with Crippen molar-refractivity contribution in [1.82, 2.24) is 9.97 Å². The molecule has 8 heteroatoms. The number of rotatable bonds is 8. The smallest absolute Gasteiger partial charge is 0.326 e. The van der Waals surface area contributed by atoms with Crippen LogP contribution in [0.25, 0.3) is 11.3 Å². The van der Waals surface area contributed by atoms with E-state index in [1.807, 2.05) is 48.2 Å². The van der Waals surface area contributed by atoms with E-state index in [9.17, 15) is 9.90 Å². The van der Waals surface area contributed by atoms with Crippen LogP contribution in [0.4, 0.5) is 33.5 Å². The van der Waals surface area contributed by atoms with Gasteiger partial charge in [-0.15, -0.1) is 0 Å². The Morgan fingerprint density at radius 3 is 2.64 bits per heavy atom. The van der Waals surface area contributed by atoms with E-state index in [2.05, 4.69) is 39.6 Å². The number of fused-ring (bicyclic) bond motifs is 3. The normalized spacial score (nSPS) is 16.1. The van der Waals surface area contributed by atoms with Gasteiger partial charge in [-0.3, -0.25) is 4.90 Å². The molecule has 1 saturated carbocycles. The van der Waals surface area contributed by atoms with E-state index in [4.69, 9.17) is 4.98 Å². The molecule has 2 aliphatic rings. The number of aromatic nitrogens is 2. The second kappa shape index (κ2) is 10.5. The monoisotopic (exact) mass is 486 g/mol. The Morgan fingerprint density at radius 2 is 1.92 bits per heavy atom. The van der Waals surface area contributed by atoms with E-state index >= 15 is 0 Å². The molecule has 1 aliphatic heterocycles. The summed E-state index contributed by atoms with van der Waals surface area (Å²) in [4.78, 5) is 26.7. The Kier molecular flexibility index (Phi) is 7.04. The third-order valence-corrected chi connectivity index (χ3v) is 7.04. The Bertz CT molecular complexity index is 1210. The zero-order chi connectivity index (χ0) is 25.1. The van der Waals surface area contributed by atoms with Crippen molar-refractivity contribution in [1.29, 1.82) is 0 Å². The predicted octanol–water partition coefficient (Wildman–Crippen LogP) is 5.78. The maximum atomic E-state index is 13.2. The highest BCUT2D eigenvalue weighted by Gasteiger charge is 2.33. The van der Waals surface area contributed by atoms with Crippen molar-refractivity contribution in [3.8, 4) is 11.3 Å². The van der Waals surface area contributed by atoms with E-state index < -0.39 is 0 Å². The summed E-state index contributed by atoms with van der Waals surface area (Å²) in [5, 5.41) is 16.0. The van der Waals surface area contributed by atoms with Crippen LogP contribution in [0.5, 0.6) is 0 Å². The molecular weight excluding hydrogens is 452 g/mol. The fourth-order valence-electron chi connectivity index (χ4n) is 5.13. The molecule has 2 amide bonds. The summed E-state index contributed by atoms with van der Waals surface area (Å²) in [5.74, 6) is 0.473. The number of amides is 2. The number of hydrogen-bond donors (Lipinski definition) is 3. The molecule has 0 bridgehead atoms. The van der Waals surface area contributed by atoms with Gasteiger partial charge in [0.05, 0.1) is 23.7 Å². The van der Waals surface area contributed by atoms with Gasteiger partial charge >= 0.3 is 6.03 Å². The first-order valence-corrected chi connectivity index (χ1v) is 12.9. The Morgan fingerprint density at radius 1 is 1.17 bits per heavy atom. The van der Waals surface area contributed by atoms with Crippen LogP contribution in [-0.4, -0.2) is 46.3 Å². The van der Waals surface area contributed by atoms with Crippen LogP contribution in [0.1, 0.15) is 46.0 Å². The lowest BCUT2D eigenvalue weighted by Crippen LogP contribution is -2.41. The van der Waals surface area contributed by atoms with Crippen LogP contribution >= 0.6 is 0 Å². The fourth-order valence-corrected chi connectivity index (χ4v) is 5.13. The summed E-state index contributed by atoms with van der Waals surface area (Å²) in [7, 11) is 0. The molecule has 3 N–H and O–H groups in total. The molecule has 5 rings (SSSR count). The van der Waals surface area contributed by atoms with Crippen molar-refractivity contribution in [3.05, 3.63) is 54.7 Å². The lowest BCUT2D eigenvalue weighted by molar-refractivity contribution is 0.186. The molecule has 3 aromatic rings. The predicted molar refractivity (Wildman–Crippen MR) is 145 cm³/mol. The summed E-state index contributed by atoms with van der Waals surface area (Å²) in [5.41, 5.74) is 5.13. The highest BCUT2D eigenvalue weighted by molar-refractivity contribution is 6.09. The molecule has 36 heavy (non-hydrogen) atoms. The van der Waals surface area contributed by atoms with Gasteiger partial charge in [-0.05, 0) is 63.4 Å². The van der Waals surface area contributed by atoms with E-state index in [1.165, 1.54) is 0 Å². The van der Waals surface area contributed by atoms with Gasteiger partial charge in [-0.25, -0.2) is 14.8 Å². The SMILES string of the molecule is CCN(CCC(C)O)c1ccc(Nc2ncc3c(n2)-c2ccccc2N(C2CCCC2)C(=O)N3)cc1. The van der Waals surface area contributed by atoms with Crippen molar-refractivity contribution in [2.24, 2.45) is 0 Å². The summed E-state index contributed by atoms with van der Waals surface area (Å²) in [6.07, 6.45) is 6.42. The van der Waals surface area contributed by atoms with Crippen LogP contribution in [0.15, 0.2) is 54.7 Å². The molecule has 0 radical (unpaired) electrons. The molecule has 1 fully saturated rings. The van der Waals surface area contributed by atoms with Gasteiger partial charge in [0.25, 0.3) is 0 Å². The minimum atomic E-state index is -0.314. The zero-order valence-electron chi connectivity index (χ0n) is 20.9. The van der Waals surface area contributed by atoms with Gasteiger partial charge in [0.2, 0.25) is 5.95 Å². The molecule has 1 aromatic heterocycles. The number of aliphatic hydroxyl groups is 1. The number of nitrogens with one attached hydrogen (secondary N) is 2. The number of hydrogen-bond acceptors (Lipinski definition) is 6. The van der Waals surface area contributed by atoms with Gasteiger partial charge in [0.1, 0.15) is 5.69 Å². The molecule has 1 unspecified atom stereocenters. The second-order valence-corrected chi connectivity index (χ2v) is 9.60. The molecule has 2 heterocycles. The van der Waals surface area contributed by atoms with E-state index in [0.717, 1.165) is 67.8 Å². The summed E-state index contributed by atoms with van der Waals surface area (Å²) >= 11 is 0. The summed E-state index contributed by atoms with van der Waals surface area (Å²) in [6, 6.07) is 16.2. The van der Waals surface area contributed by atoms with Crippen molar-refractivity contribution in [2.75, 3.05) is 33.5 Å². The van der Waals surface area contributed by atoms with Crippen molar-refractivity contribution in [3.63, 3.8) is 0 Å². The van der Waals surface area contributed by atoms with E-state index in [1.54, 1.807) is 6.20 Å². The molecule has 0 saturated heterocycles. The van der Waals surface area contributed by atoms with Gasteiger partial charge in [0.15, 0.2) is 0 Å². The lowest BCUT2D eigenvalue weighted by atomic mass is 10.1. The average molecular weight is 487 g/mol. The molecular formula is C28H34N6O2. The van der Waals surface area contributed by atoms with Crippen molar-refractivity contribution < 1.29 is 9.90 Å². The fraction of sp³-hybridized carbons (Fsp3) is 0.393. The van der Waals surface area contributed by atoms with Crippen LogP contribution in [0, 0.1) is 0 Å². The number of urea groups is 1. The largest absolute Gasteiger partial charge is 0.393 e. The first-order chi connectivity index (χ1) is 17.5. The Balaban J connectivity index is 1.40. The van der Waals surface area contributed by atoms with E-state index in [-0.39, 0.29) is 18.2 Å².